The molecule has 3 atom stereocenters. The van der Waals surface area contributed by atoms with Crippen LogP contribution in [0.5, 0.6) is 0 Å². The predicted octanol–water partition coefficient (Wildman–Crippen LogP) is 12.9. The molecule has 1 aliphatic carbocycles. The molecule has 56 heavy (non-hydrogen) atoms. The summed E-state index contributed by atoms with van der Waals surface area (Å²) >= 11 is 1.86. The van der Waals surface area contributed by atoms with Crippen LogP contribution in [0.15, 0.2) is 193 Å². The Labute approximate surface area is 332 Å². The molecular weight excluding hydrogens is 701 g/mol. The third kappa shape index (κ3) is 6.39. The van der Waals surface area contributed by atoms with Crippen LogP contribution in [0.2, 0.25) is 0 Å². The van der Waals surface area contributed by atoms with Crippen LogP contribution in [-0.2, 0) is 0 Å². The van der Waals surface area contributed by atoms with E-state index in [4.69, 9.17) is 4.99 Å². The highest BCUT2D eigenvalue weighted by Gasteiger charge is 2.45. The van der Waals surface area contributed by atoms with Crippen LogP contribution in [0.4, 0.5) is 5.69 Å². The first-order valence-electron chi connectivity index (χ1n) is 19.4. The molecule has 272 valence electrons. The fraction of sp³-hybridized carbons (Fsp3) is 0.118. The van der Waals surface area contributed by atoms with Crippen LogP contribution in [0.3, 0.4) is 0 Å². The first kappa shape index (κ1) is 34.2. The Hall–Kier alpha value is -6.27. The minimum Gasteiger partial charge on any atom is -0.376 e. The number of aliphatic imine (C=N–C) groups is 1. The monoisotopic (exact) mass is 742 g/mol. The third-order valence-corrected chi connectivity index (χ3v) is 12.5. The average Bonchev–Trinajstić information content (AvgIpc) is 3.76. The number of amidine groups is 1. The second-order valence-corrected chi connectivity index (χ2v) is 16.2. The highest BCUT2D eigenvalue weighted by Crippen LogP contribution is 2.43. The Morgan fingerprint density at radius 3 is 2.21 bits per heavy atom. The molecular formula is C51H42N4S. The van der Waals surface area contributed by atoms with Gasteiger partial charge in [-0.1, -0.05) is 152 Å². The molecule has 1 aromatic heterocycles. The fourth-order valence-electron chi connectivity index (χ4n) is 8.26. The summed E-state index contributed by atoms with van der Waals surface area (Å²) in [5, 5.41) is 13.7. The molecule has 1 aliphatic heterocycles. The number of hydrazine groups is 1. The molecule has 8 aromatic rings. The molecule has 7 aromatic carbocycles. The van der Waals surface area contributed by atoms with Gasteiger partial charge in [0.1, 0.15) is 12.0 Å². The van der Waals surface area contributed by atoms with E-state index in [0.29, 0.717) is 6.54 Å². The number of rotatable bonds is 8. The molecule has 2 aliphatic rings. The van der Waals surface area contributed by atoms with Crippen molar-refractivity contribution in [3.8, 4) is 22.3 Å². The summed E-state index contributed by atoms with van der Waals surface area (Å²) in [7, 11) is 2.13. The fourth-order valence-corrected chi connectivity index (χ4v) is 9.35. The number of hydrogen-bond acceptors (Lipinski definition) is 4. The number of nitrogens with one attached hydrogen (secondary N) is 1. The van der Waals surface area contributed by atoms with Gasteiger partial charge in [-0.15, -0.1) is 11.3 Å². The zero-order valence-electron chi connectivity index (χ0n) is 31.6. The maximum absolute atomic E-state index is 5.25. The van der Waals surface area contributed by atoms with E-state index in [1.165, 1.54) is 64.3 Å². The molecule has 10 rings (SSSR count). The summed E-state index contributed by atoms with van der Waals surface area (Å²) in [5.74, 6) is 0.994. The summed E-state index contributed by atoms with van der Waals surface area (Å²) in [6.45, 7) is 2.91. The molecule has 0 amide bonds. The minimum absolute atomic E-state index is 0.180. The van der Waals surface area contributed by atoms with Gasteiger partial charge in [0.2, 0.25) is 0 Å². The van der Waals surface area contributed by atoms with Crippen molar-refractivity contribution in [3.63, 3.8) is 0 Å². The van der Waals surface area contributed by atoms with E-state index in [-0.39, 0.29) is 11.7 Å². The topological polar surface area (TPSA) is 30.4 Å². The second kappa shape index (κ2) is 14.1. The van der Waals surface area contributed by atoms with Gasteiger partial charge in [-0.3, -0.25) is 10.0 Å². The summed E-state index contributed by atoms with van der Waals surface area (Å²) in [4.78, 5) is 5.25. The Morgan fingerprint density at radius 2 is 1.39 bits per heavy atom. The van der Waals surface area contributed by atoms with Crippen molar-refractivity contribution in [1.29, 1.82) is 0 Å². The first-order chi connectivity index (χ1) is 27.5. The SMILES string of the molecule is CN1C(c2ccccc2)N1C(=NCC1=CCC(C)(Nc2ccc(-c3ccc4sc5ccccc5c4c3)cc2-c2cccc3ccccc23)C=C1)c1ccccc1. The molecule has 0 spiro atoms. The number of anilines is 1. The van der Waals surface area contributed by atoms with E-state index >= 15 is 0 Å². The van der Waals surface area contributed by atoms with E-state index in [1.807, 2.05) is 11.3 Å². The Balaban J connectivity index is 0.955. The second-order valence-electron chi connectivity index (χ2n) is 15.2. The lowest BCUT2D eigenvalue weighted by atomic mass is 9.88. The summed E-state index contributed by atoms with van der Waals surface area (Å²) in [6.07, 6.45) is 7.97. The predicted molar refractivity (Wildman–Crippen MR) is 238 cm³/mol. The quantitative estimate of drug-likeness (QED) is 0.0955. The van der Waals surface area contributed by atoms with E-state index in [9.17, 15) is 0 Å². The van der Waals surface area contributed by atoms with Crippen molar-refractivity contribution in [1.82, 2.24) is 10.0 Å². The van der Waals surface area contributed by atoms with Crippen LogP contribution in [0.25, 0.3) is 53.2 Å². The Morgan fingerprint density at radius 1 is 0.696 bits per heavy atom. The standard InChI is InChI=1S/C51H42N4S/c1-51(30-28-35(29-31-51)34-52-49(37-15-5-3-6-16-37)55-50(54(55)2)38-17-7-4-8-18-38)53-46-26-24-39(32-44(46)42-22-13-19-36-14-9-10-20-41(36)42)40-25-27-48-45(33-40)43-21-11-12-23-47(43)56-48/h3-30,32-33,50,53H,31,34H2,1-2H3. The summed E-state index contributed by atoms with van der Waals surface area (Å²) < 4.78 is 2.65. The van der Waals surface area contributed by atoms with Crippen molar-refractivity contribution in [2.45, 2.75) is 25.0 Å². The highest BCUT2D eigenvalue weighted by molar-refractivity contribution is 7.25. The lowest BCUT2D eigenvalue weighted by Crippen LogP contribution is -2.33. The number of benzene rings is 7. The maximum atomic E-state index is 5.25. The van der Waals surface area contributed by atoms with Crippen molar-refractivity contribution in [3.05, 3.63) is 199 Å². The van der Waals surface area contributed by atoms with Gasteiger partial charge in [-0.2, -0.15) is 5.01 Å². The van der Waals surface area contributed by atoms with Gasteiger partial charge in [-0.05, 0) is 82.3 Å². The van der Waals surface area contributed by atoms with Gasteiger partial charge >= 0.3 is 0 Å². The maximum Gasteiger partial charge on any atom is 0.147 e. The van der Waals surface area contributed by atoms with Crippen molar-refractivity contribution in [2.75, 3.05) is 18.9 Å². The van der Waals surface area contributed by atoms with E-state index in [1.54, 1.807) is 0 Å². The lowest BCUT2D eigenvalue weighted by Gasteiger charge is -2.32. The van der Waals surface area contributed by atoms with E-state index in [2.05, 4.69) is 211 Å². The molecule has 2 heterocycles. The lowest BCUT2D eigenvalue weighted by molar-refractivity contribution is 0.478. The Kier molecular flexibility index (Phi) is 8.62. The minimum atomic E-state index is -0.274. The van der Waals surface area contributed by atoms with Gasteiger partial charge in [0.05, 0.1) is 12.1 Å². The zero-order valence-corrected chi connectivity index (χ0v) is 32.4. The van der Waals surface area contributed by atoms with Crippen molar-refractivity contribution in [2.24, 2.45) is 4.99 Å². The molecule has 1 fully saturated rings. The van der Waals surface area contributed by atoms with Gasteiger partial charge in [0.15, 0.2) is 0 Å². The molecule has 3 unspecified atom stereocenters. The molecule has 1 saturated heterocycles. The number of thiophene rings is 1. The van der Waals surface area contributed by atoms with E-state index in [0.717, 1.165) is 23.5 Å². The summed E-state index contributed by atoms with van der Waals surface area (Å²) in [6, 6.07) is 59.1. The van der Waals surface area contributed by atoms with Crippen LogP contribution in [-0.4, -0.2) is 35.0 Å². The van der Waals surface area contributed by atoms with Crippen LogP contribution in [0.1, 0.15) is 30.6 Å². The van der Waals surface area contributed by atoms with Gasteiger partial charge < -0.3 is 5.32 Å². The van der Waals surface area contributed by atoms with Crippen LogP contribution >= 0.6 is 11.3 Å². The molecule has 0 radical (unpaired) electrons. The molecule has 0 saturated carbocycles. The molecule has 0 bridgehead atoms. The molecule has 5 heteroatoms. The van der Waals surface area contributed by atoms with Gasteiger partial charge in [0.25, 0.3) is 0 Å². The summed E-state index contributed by atoms with van der Waals surface area (Å²) in [5.41, 5.74) is 9.33. The normalized spacial score (nSPS) is 19.4. The zero-order chi connectivity index (χ0) is 37.6. The van der Waals surface area contributed by atoms with Crippen molar-refractivity contribution < 1.29 is 0 Å². The largest absolute Gasteiger partial charge is 0.376 e. The highest BCUT2D eigenvalue weighted by atomic mass is 32.1. The van der Waals surface area contributed by atoms with Crippen LogP contribution in [0, 0.1) is 0 Å². The number of nitrogens with zero attached hydrogens (tertiary/aromatic N) is 3. The number of fused-ring (bicyclic) bond motifs is 4. The van der Waals surface area contributed by atoms with Crippen molar-refractivity contribution >= 4 is 53.8 Å². The molecule has 4 nitrogen and oxygen atoms in total. The third-order valence-electron chi connectivity index (χ3n) is 11.3. The first-order valence-corrected chi connectivity index (χ1v) is 20.2. The smallest absolute Gasteiger partial charge is 0.147 e. The van der Waals surface area contributed by atoms with Gasteiger partial charge in [-0.25, -0.2) is 0 Å². The number of hydrogen-bond donors (Lipinski definition) is 1. The van der Waals surface area contributed by atoms with Crippen LogP contribution < -0.4 is 5.32 Å². The van der Waals surface area contributed by atoms with E-state index < -0.39 is 0 Å². The molecule has 1 N–H and O–H groups in total. The van der Waals surface area contributed by atoms with Gasteiger partial charge in [0, 0.05) is 44.0 Å². The Bertz CT molecular complexity index is 2830. The average molecular weight is 743 g/mol.